The van der Waals surface area contributed by atoms with E-state index in [9.17, 15) is 18.0 Å². The Labute approximate surface area is 258 Å². The van der Waals surface area contributed by atoms with Crippen molar-refractivity contribution in [3.8, 4) is 0 Å². The molecule has 2 atom stereocenters. The van der Waals surface area contributed by atoms with E-state index in [0.29, 0.717) is 6.04 Å². The summed E-state index contributed by atoms with van der Waals surface area (Å²) in [6.07, 6.45) is 2.50. The van der Waals surface area contributed by atoms with E-state index in [1.54, 1.807) is 19.1 Å². The maximum absolute atomic E-state index is 13.6. The van der Waals surface area contributed by atoms with E-state index in [4.69, 9.17) is 18.3 Å². The van der Waals surface area contributed by atoms with Gasteiger partial charge in [0.2, 0.25) is 10.0 Å². The monoisotopic (exact) mass is 663 g/mol. The van der Waals surface area contributed by atoms with Crippen molar-refractivity contribution >= 4 is 46.7 Å². The smallest absolute Gasteiger partial charge is 0.371 e. The van der Waals surface area contributed by atoms with Gasteiger partial charge in [-0.05, 0) is 61.4 Å². The van der Waals surface area contributed by atoms with E-state index < -0.39 is 58.7 Å². The fourth-order valence-electron chi connectivity index (χ4n) is 3.59. The zero-order valence-electron chi connectivity index (χ0n) is 28.8. The standard InChI is InChI=1S/C29H57NO8SSi3/c1-16-36-26(31)23-19-22(21-30(23)39(33,34)17-18-40(9,10)11)24(37-41(12,13)28(2,3)4)20-25(27(32)35-8)38-42(14,15)29(5,6)7/h19-20,22,24H,16-18,21H2,1-15H3/b25-20+/t22-,24+/m1/s1. The predicted molar refractivity (Wildman–Crippen MR) is 177 cm³/mol. The molecule has 0 aromatic heterocycles. The highest BCUT2D eigenvalue weighted by Crippen LogP contribution is 2.41. The summed E-state index contributed by atoms with van der Waals surface area (Å²) in [5.41, 5.74) is -0.0143. The van der Waals surface area contributed by atoms with Crippen LogP contribution in [-0.2, 0) is 37.9 Å². The summed E-state index contributed by atoms with van der Waals surface area (Å²) in [5, 5.41) is -0.373. The lowest BCUT2D eigenvalue weighted by Gasteiger charge is -2.40. The van der Waals surface area contributed by atoms with Gasteiger partial charge in [0.25, 0.3) is 8.32 Å². The number of nitrogens with zero attached hydrogens (tertiary/aromatic N) is 1. The summed E-state index contributed by atoms with van der Waals surface area (Å²) in [7, 11) is -9.14. The lowest BCUT2D eigenvalue weighted by molar-refractivity contribution is -0.140. The minimum Gasteiger partial charge on any atom is -0.539 e. The van der Waals surface area contributed by atoms with E-state index >= 15 is 0 Å². The molecule has 0 unspecified atom stereocenters. The number of hydrogen-bond donors (Lipinski definition) is 0. The van der Waals surface area contributed by atoms with Crippen molar-refractivity contribution in [2.75, 3.05) is 26.0 Å². The van der Waals surface area contributed by atoms with Gasteiger partial charge in [-0.15, -0.1) is 0 Å². The van der Waals surface area contributed by atoms with Crippen LogP contribution in [0.15, 0.2) is 23.6 Å². The molecule has 42 heavy (non-hydrogen) atoms. The first-order valence-electron chi connectivity index (χ1n) is 14.8. The molecule has 0 saturated carbocycles. The molecule has 244 valence electrons. The number of hydrogen-bond acceptors (Lipinski definition) is 8. The van der Waals surface area contributed by atoms with Crippen LogP contribution in [0.25, 0.3) is 0 Å². The molecule has 0 amide bonds. The summed E-state index contributed by atoms with van der Waals surface area (Å²) >= 11 is 0. The Morgan fingerprint density at radius 1 is 1.00 bits per heavy atom. The van der Waals surface area contributed by atoms with Crippen molar-refractivity contribution in [2.24, 2.45) is 5.92 Å². The SMILES string of the molecule is CCOC(=O)C1=C[C@@H]([C@H](/C=C(/O[Si](C)(C)C(C)(C)C)C(=O)OC)O[Si](C)(C)C(C)(C)C)CN1S(=O)(=O)CC[Si](C)(C)C. The van der Waals surface area contributed by atoms with Crippen molar-refractivity contribution in [3.05, 3.63) is 23.6 Å². The second-order valence-electron chi connectivity index (χ2n) is 15.3. The van der Waals surface area contributed by atoms with Gasteiger partial charge in [0, 0.05) is 20.5 Å². The summed E-state index contributed by atoms with van der Waals surface area (Å²) in [6.45, 7) is 28.9. The van der Waals surface area contributed by atoms with Gasteiger partial charge < -0.3 is 18.3 Å². The molecule has 0 aromatic rings. The highest BCUT2D eigenvalue weighted by Gasteiger charge is 2.46. The zero-order chi connectivity index (χ0) is 33.1. The topological polar surface area (TPSA) is 108 Å². The molecular weight excluding hydrogens is 607 g/mol. The quantitative estimate of drug-likeness (QED) is 0.0951. The highest BCUT2D eigenvalue weighted by atomic mass is 32.2. The molecular formula is C29H57NO8SSi3. The summed E-state index contributed by atoms with van der Waals surface area (Å²) in [5.74, 6) is -1.91. The molecule has 0 bridgehead atoms. The first kappa shape index (κ1) is 38.6. The van der Waals surface area contributed by atoms with Crippen molar-refractivity contribution in [3.63, 3.8) is 0 Å². The summed E-state index contributed by atoms with van der Waals surface area (Å²) in [4.78, 5) is 26.1. The lowest BCUT2D eigenvalue weighted by atomic mass is 10.0. The average Bonchev–Trinajstić information content (AvgIpc) is 3.26. The van der Waals surface area contributed by atoms with E-state index in [-0.39, 0.29) is 40.4 Å². The largest absolute Gasteiger partial charge is 0.539 e. The Bertz CT molecular complexity index is 1140. The number of rotatable bonds is 13. The second-order valence-corrected chi connectivity index (χ2v) is 32.4. The van der Waals surface area contributed by atoms with Crippen LogP contribution >= 0.6 is 0 Å². The van der Waals surface area contributed by atoms with Crippen LogP contribution in [0.4, 0.5) is 0 Å². The van der Waals surface area contributed by atoms with Crippen LogP contribution in [0.3, 0.4) is 0 Å². The Morgan fingerprint density at radius 3 is 1.95 bits per heavy atom. The fraction of sp³-hybridized carbons (Fsp3) is 0.793. The van der Waals surface area contributed by atoms with Gasteiger partial charge in [0.1, 0.15) is 5.70 Å². The first-order valence-corrected chi connectivity index (χ1v) is 25.9. The molecule has 0 fully saturated rings. The van der Waals surface area contributed by atoms with Gasteiger partial charge in [-0.25, -0.2) is 18.0 Å². The molecule has 0 saturated heterocycles. The molecule has 9 nitrogen and oxygen atoms in total. The van der Waals surface area contributed by atoms with E-state index in [2.05, 4.69) is 74.3 Å². The van der Waals surface area contributed by atoms with Gasteiger partial charge in [-0.2, -0.15) is 0 Å². The molecule has 13 heteroatoms. The lowest BCUT2D eigenvalue weighted by Crippen LogP contribution is -2.47. The molecule has 0 aliphatic carbocycles. The Morgan fingerprint density at radius 2 is 1.52 bits per heavy atom. The maximum atomic E-state index is 13.6. The highest BCUT2D eigenvalue weighted by molar-refractivity contribution is 7.89. The van der Waals surface area contributed by atoms with E-state index in [1.807, 2.05) is 13.1 Å². The van der Waals surface area contributed by atoms with E-state index in [1.165, 1.54) is 11.4 Å². The van der Waals surface area contributed by atoms with Gasteiger partial charge >= 0.3 is 11.9 Å². The van der Waals surface area contributed by atoms with Crippen molar-refractivity contribution in [1.82, 2.24) is 4.31 Å². The second kappa shape index (κ2) is 13.7. The summed E-state index contributed by atoms with van der Waals surface area (Å²) < 4.78 is 52.2. The van der Waals surface area contributed by atoms with Crippen LogP contribution in [-0.4, -0.2) is 81.5 Å². The van der Waals surface area contributed by atoms with E-state index in [0.717, 1.165) is 0 Å². The number of carbonyl (C=O) groups excluding carboxylic acids is 2. The normalized spacial score (nSPS) is 18.5. The number of carbonyl (C=O) groups is 2. The Hall–Kier alpha value is -1.42. The molecule has 0 aromatic carbocycles. The first-order chi connectivity index (χ1) is 18.7. The zero-order valence-corrected chi connectivity index (χ0v) is 32.6. The number of sulfonamides is 1. The maximum Gasteiger partial charge on any atom is 0.371 e. The van der Waals surface area contributed by atoms with Gasteiger partial charge in [-0.1, -0.05) is 61.2 Å². The average molecular weight is 664 g/mol. The Balaban J connectivity index is 3.80. The predicted octanol–water partition coefficient (Wildman–Crippen LogP) is 6.50. The summed E-state index contributed by atoms with van der Waals surface area (Å²) in [6, 6.07) is 0.559. The number of methoxy groups -OCH3 is 1. The number of esters is 2. The van der Waals surface area contributed by atoms with Crippen molar-refractivity contribution in [1.29, 1.82) is 0 Å². The molecule has 1 aliphatic rings. The fourth-order valence-corrected chi connectivity index (χ4v) is 10.4. The molecule has 0 radical (unpaired) electrons. The molecule has 1 heterocycles. The van der Waals surface area contributed by atoms with Gasteiger partial charge in [0.05, 0.1) is 25.6 Å². The van der Waals surface area contributed by atoms with Crippen molar-refractivity contribution < 1.29 is 36.3 Å². The van der Waals surface area contributed by atoms with Crippen molar-refractivity contribution in [2.45, 2.75) is 117 Å². The van der Waals surface area contributed by atoms with Crippen LogP contribution in [0.5, 0.6) is 0 Å². The molecule has 0 N–H and O–H groups in total. The van der Waals surface area contributed by atoms with Gasteiger partial charge in [-0.3, -0.25) is 4.31 Å². The van der Waals surface area contributed by atoms with Crippen LogP contribution in [0, 0.1) is 5.92 Å². The third-order valence-electron chi connectivity index (χ3n) is 8.48. The van der Waals surface area contributed by atoms with Crippen LogP contribution in [0.1, 0.15) is 48.5 Å². The minimum absolute atomic E-state index is 0.00743. The Kier molecular flexibility index (Phi) is 12.6. The number of ether oxygens (including phenoxy) is 2. The molecule has 1 rings (SSSR count). The molecule has 1 aliphatic heterocycles. The third kappa shape index (κ3) is 10.3. The van der Waals surface area contributed by atoms with Crippen LogP contribution in [0.2, 0.25) is 61.9 Å². The van der Waals surface area contributed by atoms with Gasteiger partial charge in [0.15, 0.2) is 14.1 Å². The van der Waals surface area contributed by atoms with Crippen LogP contribution < -0.4 is 0 Å². The minimum atomic E-state index is -3.82. The third-order valence-corrected chi connectivity index (χ3v) is 21.1. The molecule has 0 spiro atoms.